The number of likely N-dealkylation sites (tertiary alicyclic amines) is 1. The van der Waals surface area contributed by atoms with Crippen LogP contribution in [0.15, 0.2) is 18.3 Å². The van der Waals surface area contributed by atoms with Gasteiger partial charge in [-0.2, -0.15) is 13.9 Å². The maximum Gasteiger partial charge on any atom is 0.387 e. The molecule has 4 aliphatic rings. The smallest absolute Gasteiger partial charge is 0.387 e. The number of nitrogens with two attached hydrogens (primary N) is 1. The number of halogens is 2. The first-order chi connectivity index (χ1) is 14.6. The summed E-state index contributed by atoms with van der Waals surface area (Å²) in [5.41, 5.74) is 8.35. The van der Waals surface area contributed by atoms with Crippen LogP contribution in [0, 0.1) is 17.8 Å². The lowest BCUT2D eigenvalue weighted by Gasteiger charge is -2.35. The third kappa shape index (κ3) is 3.24. The Morgan fingerprint density at radius 3 is 2.60 bits per heavy atom. The second-order valence-corrected chi connectivity index (χ2v) is 9.06. The van der Waals surface area contributed by atoms with Crippen molar-refractivity contribution < 1.29 is 18.3 Å². The summed E-state index contributed by atoms with van der Waals surface area (Å²) >= 11 is 0. The Kier molecular flexibility index (Phi) is 4.24. The van der Waals surface area contributed by atoms with Crippen LogP contribution < -0.4 is 10.5 Å². The largest absolute Gasteiger partial charge is 0.431 e. The molecule has 2 aliphatic carbocycles. The normalized spacial score (nSPS) is 28.6. The molecule has 2 saturated carbocycles. The number of anilines is 1. The molecule has 2 aromatic heterocycles. The molecule has 4 heterocycles. The summed E-state index contributed by atoms with van der Waals surface area (Å²) in [6.45, 7) is 1.96. The highest BCUT2D eigenvalue weighted by atomic mass is 19.3. The van der Waals surface area contributed by atoms with Crippen molar-refractivity contribution in [1.29, 1.82) is 0 Å². The standard InChI is InChI=1S/C21H25F2N5O2/c22-21(23)30-18-3-12(5-25-20(18)24)16-4-17(28(26-16)6-11-1-2-11)19-14-7-27(8-15(14)19)13-9-29-10-13/h3-5,11,13-15,19,21H,1-2,6-10H2,(H2,24,25)/t14-,15+,19?. The van der Waals surface area contributed by atoms with Crippen LogP contribution >= 0.6 is 0 Å². The zero-order valence-corrected chi connectivity index (χ0v) is 16.6. The molecule has 3 atom stereocenters. The summed E-state index contributed by atoms with van der Waals surface area (Å²) in [6, 6.07) is 4.22. The summed E-state index contributed by atoms with van der Waals surface area (Å²) in [4.78, 5) is 6.60. The molecule has 1 unspecified atom stereocenters. The van der Waals surface area contributed by atoms with Gasteiger partial charge in [0, 0.05) is 43.0 Å². The molecule has 0 bridgehead atoms. The van der Waals surface area contributed by atoms with Crippen molar-refractivity contribution in [2.24, 2.45) is 17.8 Å². The first kappa shape index (κ1) is 18.5. The van der Waals surface area contributed by atoms with E-state index in [0.717, 1.165) is 38.5 Å². The minimum atomic E-state index is -2.94. The molecule has 30 heavy (non-hydrogen) atoms. The first-order valence-electron chi connectivity index (χ1n) is 10.7. The molecule has 0 spiro atoms. The van der Waals surface area contributed by atoms with E-state index in [1.54, 1.807) is 6.20 Å². The predicted octanol–water partition coefficient (Wildman–Crippen LogP) is 2.58. The molecule has 0 amide bonds. The number of nitrogens with zero attached hydrogens (tertiary/aromatic N) is 4. The molecule has 2 saturated heterocycles. The molecule has 9 heteroatoms. The van der Waals surface area contributed by atoms with Crippen molar-refractivity contribution in [3.8, 4) is 17.0 Å². The number of fused-ring (bicyclic) bond motifs is 1. The fraction of sp³-hybridized carbons (Fsp3) is 0.619. The van der Waals surface area contributed by atoms with Gasteiger partial charge in [0.15, 0.2) is 11.6 Å². The Labute approximate surface area is 173 Å². The zero-order valence-electron chi connectivity index (χ0n) is 16.6. The van der Waals surface area contributed by atoms with Crippen molar-refractivity contribution >= 4 is 5.82 Å². The molecule has 7 nitrogen and oxygen atoms in total. The third-order valence-electron chi connectivity index (χ3n) is 7.03. The highest BCUT2D eigenvalue weighted by Gasteiger charge is 2.58. The summed E-state index contributed by atoms with van der Waals surface area (Å²) in [7, 11) is 0. The summed E-state index contributed by atoms with van der Waals surface area (Å²) in [5.74, 6) is 2.42. The van der Waals surface area contributed by atoms with Crippen LogP contribution in [-0.2, 0) is 11.3 Å². The Morgan fingerprint density at radius 2 is 1.97 bits per heavy atom. The minimum Gasteiger partial charge on any atom is -0.431 e. The van der Waals surface area contributed by atoms with Gasteiger partial charge in [-0.1, -0.05) is 0 Å². The van der Waals surface area contributed by atoms with Gasteiger partial charge in [-0.3, -0.25) is 9.58 Å². The fourth-order valence-corrected chi connectivity index (χ4v) is 5.05. The first-order valence-corrected chi connectivity index (χ1v) is 10.7. The minimum absolute atomic E-state index is 0.0477. The monoisotopic (exact) mass is 417 g/mol. The van der Waals surface area contributed by atoms with Crippen molar-refractivity contribution in [3.63, 3.8) is 0 Å². The highest BCUT2D eigenvalue weighted by Crippen LogP contribution is 2.59. The molecule has 2 aliphatic heterocycles. The van der Waals surface area contributed by atoms with Gasteiger partial charge in [0.2, 0.25) is 0 Å². The number of nitrogen functional groups attached to an aromatic ring is 1. The Balaban J connectivity index is 1.26. The van der Waals surface area contributed by atoms with E-state index < -0.39 is 6.61 Å². The number of pyridine rings is 1. The average Bonchev–Trinajstić information content (AvgIpc) is 3.50. The molecular weight excluding hydrogens is 392 g/mol. The van der Waals surface area contributed by atoms with Crippen LogP contribution in [0.4, 0.5) is 14.6 Å². The lowest BCUT2D eigenvalue weighted by Crippen LogP contribution is -2.48. The van der Waals surface area contributed by atoms with Crippen molar-refractivity contribution in [2.75, 3.05) is 32.0 Å². The topological polar surface area (TPSA) is 78.4 Å². The zero-order chi connectivity index (χ0) is 20.4. The van der Waals surface area contributed by atoms with E-state index >= 15 is 0 Å². The van der Waals surface area contributed by atoms with Crippen LogP contribution in [0.5, 0.6) is 5.75 Å². The van der Waals surface area contributed by atoms with Crippen LogP contribution in [0.3, 0.4) is 0 Å². The van der Waals surface area contributed by atoms with Crippen LogP contribution in [-0.4, -0.2) is 58.6 Å². The number of piperidine rings is 1. The van der Waals surface area contributed by atoms with Gasteiger partial charge >= 0.3 is 6.61 Å². The third-order valence-corrected chi connectivity index (χ3v) is 7.03. The summed E-state index contributed by atoms with van der Waals surface area (Å²) in [6.07, 6.45) is 4.07. The lowest BCUT2D eigenvalue weighted by atomic mass is 10.1. The van der Waals surface area contributed by atoms with Crippen molar-refractivity contribution in [2.45, 2.75) is 38.0 Å². The Bertz CT molecular complexity index is 947. The highest BCUT2D eigenvalue weighted by molar-refractivity contribution is 5.64. The van der Waals surface area contributed by atoms with E-state index in [0.29, 0.717) is 35.3 Å². The molecular formula is C21H25F2N5O2. The van der Waals surface area contributed by atoms with Crippen molar-refractivity contribution in [3.05, 3.63) is 24.0 Å². The molecule has 6 rings (SSSR count). The number of ether oxygens (including phenoxy) is 2. The number of aromatic nitrogens is 3. The van der Waals surface area contributed by atoms with E-state index in [-0.39, 0.29) is 11.6 Å². The quantitative estimate of drug-likeness (QED) is 0.746. The molecule has 2 aromatic rings. The molecule has 4 fully saturated rings. The van der Waals surface area contributed by atoms with Gasteiger partial charge in [0.1, 0.15) is 0 Å². The lowest BCUT2D eigenvalue weighted by molar-refractivity contribution is -0.0610. The Morgan fingerprint density at radius 1 is 1.20 bits per heavy atom. The molecule has 2 N–H and O–H groups in total. The van der Waals surface area contributed by atoms with E-state index in [1.165, 1.54) is 24.6 Å². The van der Waals surface area contributed by atoms with Gasteiger partial charge in [-0.25, -0.2) is 4.98 Å². The second-order valence-electron chi connectivity index (χ2n) is 9.06. The number of hydrogen-bond donors (Lipinski definition) is 1. The van der Waals surface area contributed by atoms with Gasteiger partial charge in [-0.15, -0.1) is 0 Å². The summed E-state index contributed by atoms with van der Waals surface area (Å²) in [5, 5.41) is 4.84. The van der Waals surface area contributed by atoms with Gasteiger partial charge < -0.3 is 15.2 Å². The number of rotatable bonds is 7. The van der Waals surface area contributed by atoms with E-state index in [1.807, 2.05) is 0 Å². The molecule has 0 radical (unpaired) electrons. The van der Waals surface area contributed by atoms with Crippen molar-refractivity contribution in [1.82, 2.24) is 19.7 Å². The van der Waals surface area contributed by atoms with E-state index in [4.69, 9.17) is 15.6 Å². The van der Waals surface area contributed by atoms with Gasteiger partial charge in [-0.05, 0) is 42.7 Å². The van der Waals surface area contributed by atoms with Crippen LogP contribution in [0.25, 0.3) is 11.3 Å². The summed E-state index contributed by atoms with van der Waals surface area (Å²) < 4.78 is 37.4. The fourth-order valence-electron chi connectivity index (χ4n) is 5.05. The van der Waals surface area contributed by atoms with E-state index in [2.05, 4.69) is 25.4 Å². The predicted molar refractivity (Wildman–Crippen MR) is 105 cm³/mol. The molecule has 0 aromatic carbocycles. The Hall–Kier alpha value is -2.26. The van der Waals surface area contributed by atoms with Gasteiger partial charge in [0.25, 0.3) is 0 Å². The SMILES string of the molecule is Nc1ncc(-c2cc(C3[C@H]4CN(C5COC5)C[C@@H]34)n(CC3CC3)n2)cc1OC(F)F. The van der Waals surface area contributed by atoms with E-state index in [9.17, 15) is 8.78 Å². The average molecular weight is 417 g/mol. The van der Waals surface area contributed by atoms with Crippen LogP contribution in [0.2, 0.25) is 0 Å². The van der Waals surface area contributed by atoms with Crippen LogP contribution in [0.1, 0.15) is 24.5 Å². The maximum atomic E-state index is 12.7. The number of alkyl halides is 2. The number of hydrogen-bond acceptors (Lipinski definition) is 6. The van der Waals surface area contributed by atoms with Gasteiger partial charge in [0.05, 0.1) is 24.9 Å². The second kappa shape index (κ2) is 6.88. The molecule has 160 valence electrons. The maximum absolute atomic E-state index is 12.7.